The van der Waals surface area contributed by atoms with Gasteiger partial charge in [0.25, 0.3) is 0 Å². The van der Waals surface area contributed by atoms with Crippen LogP contribution in [-0.2, 0) is 40.5 Å². The predicted octanol–water partition coefficient (Wildman–Crippen LogP) is 5.14. The zero-order valence-electron chi connectivity index (χ0n) is 27.2. The van der Waals surface area contributed by atoms with Gasteiger partial charge in [-0.2, -0.15) is 5.10 Å². The lowest BCUT2D eigenvalue weighted by Gasteiger charge is -2.27. The number of aromatic nitrogens is 6. The molecule has 2 unspecified atom stereocenters. The molecular formula is C36H33BrN8O4. The SMILES string of the molecule is CC(=O)c1nn(CC(=O)N2C3C[C@@]4(Cc5ccc(nc5)COCc5ccc(Br)nc5NC3=O)CC24)c2c(C)cc(-c3cnc(C)nc3)cc12. The summed E-state index contributed by atoms with van der Waals surface area (Å²) in [5, 5.41) is 8.34. The van der Waals surface area contributed by atoms with Gasteiger partial charge in [0.1, 0.15) is 34.5 Å². The first-order valence-corrected chi connectivity index (χ1v) is 17.0. The fourth-order valence-corrected chi connectivity index (χ4v) is 7.80. The molecule has 49 heavy (non-hydrogen) atoms. The summed E-state index contributed by atoms with van der Waals surface area (Å²) < 4.78 is 8.11. The number of hydrogen-bond acceptors (Lipinski definition) is 9. The van der Waals surface area contributed by atoms with Gasteiger partial charge in [-0.05, 0) is 95.4 Å². The van der Waals surface area contributed by atoms with E-state index in [9.17, 15) is 14.4 Å². The third kappa shape index (κ3) is 5.70. The van der Waals surface area contributed by atoms with E-state index in [2.05, 4.69) is 52.3 Å². The van der Waals surface area contributed by atoms with Crippen molar-refractivity contribution in [2.45, 2.75) is 71.9 Å². The molecule has 3 aliphatic heterocycles. The van der Waals surface area contributed by atoms with Crippen LogP contribution in [0.2, 0.25) is 0 Å². The van der Waals surface area contributed by atoms with E-state index in [4.69, 9.17) is 4.74 Å². The van der Waals surface area contributed by atoms with Crippen molar-refractivity contribution in [2.24, 2.45) is 5.41 Å². The molecule has 0 radical (unpaired) electrons. The molecule has 248 valence electrons. The summed E-state index contributed by atoms with van der Waals surface area (Å²) in [4.78, 5) is 60.9. The molecule has 4 bridgehead atoms. The Balaban J connectivity index is 1.15. The number of benzene rings is 1. The summed E-state index contributed by atoms with van der Waals surface area (Å²) in [5.74, 6) is 0.303. The molecule has 1 N–H and O–H groups in total. The number of hydrogen-bond donors (Lipinski definition) is 1. The van der Waals surface area contributed by atoms with E-state index in [-0.39, 0.29) is 47.9 Å². The van der Waals surface area contributed by atoms with Gasteiger partial charge in [0.15, 0.2) is 5.78 Å². The maximum atomic E-state index is 14.4. The van der Waals surface area contributed by atoms with Crippen LogP contribution in [0, 0.1) is 19.3 Å². The van der Waals surface area contributed by atoms with Crippen molar-refractivity contribution in [1.82, 2.24) is 34.6 Å². The highest BCUT2D eigenvalue weighted by atomic mass is 79.9. The Kier molecular flexibility index (Phi) is 7.63. The van der Waals surface area contributed by atoms with Crippen molar-refractivity contribution in [3.8, 4) is 11.1 Å². The van der Waals surface area contributed by atoms with Crippen LogP contribution < -0.4 is 5.32 Å². The topological polar surface area (TPSA) is 145 Å². The summed E-state index contributed by atoms with van der Waals surface area (Å²) in [6.07, 6.45) is 7.36. The average molecular weight is 722 g/mol. The van der Waals surface area contributed by atoms with E-state index in [1.807, 2.05) is 44.3 Å². The molecule has 9 rings (SSSR count). The van der Waals surface area contributed by atoms with Crippen LogP contribution in [0.15, 0.2) is 59.6 Å². The van der Waals surface area contributed by atoms with Crippen LogP contribution >= 0.6 is 15.9 Å². The lowest BCUT2D eigenvalue weighted by Crippen LogP contribution is -2.47. The number of pyridine rings is 2. The van der Waals surface area contributed by atoms with Crippen molar-refractivity contribution >= 4 is 50.2 Å². The smallest absolute Gasteiger partial charge is 0.248 e. The van der Waals surface area contributed by atoms with Gasteiger partial charge in [-0.1, -0.05) is 12.1 Å². The van der Waals surface area contributed by atoms with Gasteiger partial charge in [0, 0.05) is 48.1 Å². The van der Waals surface area contributed by atoms with E-state index in [0.717, 1.165) is 34.4 Å². The molecule has 5 aromatic rings. The van der Waals surface area contributed by atoms with Crippen LogP contribution in [0.25, 0.3) is 22.0 Å². The minimum atomic E-state index is -0.721. The van der Waals surface area contributed by atoms with Gasteiger partial charge < -0.3 is 15.0 Å². The zero-order valence-corrected chi connectivity index (χ0v) is 28.8. The van der Waals surface area contributed by atoms with Gasteiger partial charge in [0.2, 0.25) is 11.8 Å². The number of halogens is 1. The number of fused-ring (bicyclic) bond motifs is 6. The van der Waals surface area contributed by atoms with Crippen molar-refractivity contribution in [2.75, 3.05) is 5.32 Å². The Labute approximate surface area is 290 Å². The third-order valence-corrected chi connectivity index (χ3v) is 10.4. The lowest BCUT2D eigenvalue weighted by molar-refractivity contribution is -0.138. The van der Waals surface area contributed by atoms with Crippen molar-refractivity contribution in [1.29, 1.82) is 0 Å². The first-order valence-electron chi connectivity index (χ1n) is 16.2. The molecule has 12 nitrogen and oxygen atoms in total. The van der Waals surface area contributed by atoms with Crippen molar-refractivity contribution in [3.05, 3.63) is 93.5 Å². The summed E-state index contributed by atoms with van der Waals surface area (Å²) >= 11 is 3.42. The molecule has 1 spiro atoms. The van der Waals surface area contributed by atoms with Gasteiger partial charge in [-0.3, -0.25) is 24.0 Å². The van der Waals surface area contributed by atoms with E-state index in [1.165, 1.54) is 6.92 Å². The lowest BCUT2D eigenvalue weighted by atomic mass is 9.92. The number of carbonyl (C=O) groups is 3. The minimum absolute atomic E-state index is 0.120. The number of nitrogens with zero attached hydrogens (tertiary/aromatic N) is 7. The van der Waals surface area contributed by atoms with Crippen LogP contribution in [0.4, 0.5) is 5.82 Å². The van der Waals surface area contributed by atoms with E-state index in [0.29, 0.717) is 52.2 Å². The molecule has 1 saturated heterocycles. The highest BCUT2D eigenvalue weighted by molar-refractivity contribution is 9.10. The number of rotatable bonds is 4. The Hall–Kier alpha value is -4.88. The maximum absolute atomic E-state index is 14.4. The number of nitrogens with one attached hydrogen (secondary N) is 1. The Morgan fingerprint density at radius 2 is 1.84 bits per heavy atom. The van der Waals surface area contributed by atoms with Crippen LogP contribution in [-0.4, -0.2) is 64.3 Å². The molecule has 7 heterocycles. The van der Waals surface area contributed by atoms with E-state index in [1.54, 1.807) is 28.0 Å². The number of piperidine rings is 1. The monoisotopic (exact) mass is 720 g/mol. The number of carbonyl (C=O) groups excluding carboxylic acids is 3. The first-order chi connectivity index (χ1) is 23.6. The second-order valence-electron chi connectivity index (χ2n) is 13.3. The van der Waals surface area contributed by atoms with Crippen LogP contribution in [0.5, 0.6) is 0 Å². The van der Waals surface area contributed by atoms with E-state index >= 15 is 0 Å². The molecule has 2 amide bonds. The Morgan fingerprint density at radius 1 is 1.02 bits per heavy atom. The third-order valence-electron chi connectivity index (χ3n) is 9.91. The maximum Gasteiger partial charge on any atom is 0.248 e. The van der Waals surface area contributed by atoms with Crippen molar-refractivity contribution < 1.29 is 19.1 Å². The average Bonchev–Trinajstić information content (AvgIpc) is 3.46. The fourth-order valence-electron chi connectivity index (χ4n) is 7.49. The number of amides is 2. The summed E-state index contributed by atoms with van der Waals surface area (Å²) in [6, 6.07) is 10.7. The standard InChI is InChI=1S/C36H33BrN8O4/c1-19-8-24(25-14-38-21(3)39-15-25)9-27-32(20(2)46)43-44(33(19)27)16-31(47)45-28-11-36(12-29(36)45)10-22-4-6-26(40-13-22)18-49-17-23-5-7-30(37)41-34(23)42-35(28)48/h4-9,13-15,28-29H,10-12,16-18H2,1-3H3,(H,41,42,48)/t28?,29?,36-/m0/s1. The molecule has 4 aliphatic rings. The fraction of sp³-hybridized carbons (Fsp3) is 0.333. The summed E-state index contributed by atoms with van der Waals surface area (Å²) in [5.41, 5.74) is 5.83. The Bertz CT molecular complexity index is 2170. The molecule has 1 saturated carbocycles. The molecular weight excluding hydrogens is 688 g/mol. The van der Waals surface area contributed by atoms with Crippen LogP contribution in [0.3, 0.4) is 0 Å². The number of ketones is 1. The van der Waals surface area contributed by atoms with Gasteiger partial charge in [-0.25, -0.2) is 15.0 Å². The van der Waals surface area contributed by atoms with Gasteiger partial charge in [0.05, 0.1) is 24.4 Å². The summed E-state index contributed by atoms with van der Waals surface area (Å²) in [7, 11) is 0. The molecule has 2 fully saturated rings. The predicted molar refractivity (Wildman–Crippen MR) is 183 cm³/mol. The highest BCUT2D eigenvalue weighted by Crippen LogP contribution is 2.61. The minimum Gasteiger partial charge on any atom is -0.370 e. The van der Waals surface area contributed by atoms with E-state index < -0.39 is 6.04 Å². The van der Waals surface area contributed by atoms with Gasteiger partial charge in [-0.15, -0.1) is 0 Å². The quantitative estimate of drug-likeness (QED) is 0.197. The zero-order chi connectivity index (χ0) is 34.0. The highest BCUT2D eigenvalue weighted by Gasteiger charge is 2.66. The second-order valence-corrected chi connectivity index (χ2v) is 14.1. The number of aryl methyl sites for hydroxylation is 2. The van der Waals surface area contributed by atoms with Gasteiger partial charge >= 0.3 is 0 Å². The Morgan fingerprint density at radius 3 is 2.59 bits per heavy atom. The van der Waals surface area contributed by atoms with Crippen molar-refractivity contribution in [3.63, 3.8) is 0 Å². The second kappa shape index (κ2) is 11.9. The summed E-state index contributed by atoms with van der Waals surface area (Å²) in [6.45, 7) is 5.66. The molecule has 1 aliphatic carbocycles. The molecule has 4 aromatic heterocycles. The first kappa shape index (κ1) is 31.4. The number of Topliss-reactive ketones (excluding diaryl/α,β-unsaturated/α-hetero) is 1. The normalized spacial score (nSPS) is 21.5. The molecule has 3 atom stereocenters. The largest absolute Gasteiger partial charge is 0.370 e. The number of likely N-dealkylation sites (tertiary alicyclic amines) is 1. The number of anilines is 1. The molecule has 1 aromatic carbocycles. The van der Waals surface area contributed by atoms with Crippen LogP contribution in [0.1, 0.15) is 58.5 Å². The number of ether oxygens (including phenoxy) is 1. The molecule has 13 heteroatoms.